The smallest absolute Gasteiger partial charge is 0.294 e. The molecular formula is C43H61N3O6S+2. The Balaban J connectivity index is 1.58. The van der Waals surface area contributed by atoms with Crippen LogP contribution in [0, 0.1) is 6.92 Å². The van der Waals surface area contributed by atoms with Crippen LogP contribution in [-0.2, 0) is 35.2 Å². The number of ether oxygens (including phenoxy) is 3. The Morgan fingerprint density at radius 2 is 1.64 bits per heavy atom. The monoisotopic (exact) mass is 747 g/mol. The summed E-state index contributed by atoms with van der Waals surface area (Å²) in [4.78, 5) is 2.30. The van der Waals surface area contributed by atoms with E-state index in [1.54, 1.807) is 26.4 Å². The van der Waals surface area contributed by atoms with E-state index in [1.807, 2.05) is 0 Å². The molecule has 0 unspecified atom stereocenters. The predicted octanol–water partition coefficient (Wildman–Crippen LogP) is 7.63. The average Bonchev–Trinajstić information content (AvgIpc) is 3.42. The highest BCUT2D eigenvalue weighted by molar-refractivity contribution is 7.85. The van der Waals surface area contributed by atoms with E-state index in [9.17, 15) is 13.0 Å². The number of quaternary nitrogens is 1. The molecule has 288 valence electrons. The minimum absolute atomic E-state index is 0.103. The summed E-state index contributed by atoms with van der Waals surface area (Å²) in [5.41, 5.74) is 9.48. The molecule has 1 N–H and O–H groups in total. The first-order valence-corrected chi connectivity index (χ1v) is 20.2. The van der Waals surface area contributed by atoms with Crippen LogP contribution in [0.25, 0.3) is 0 Å². The third-order valence-corrected chi connectivity index (χ3v) is 11.7. The zero-order valence-corrected chi connectivity index (χ0v) is 34.4. The van der Waals surface area contributed by atoms with E-state index in [2.05, 4.69) is 108 Å². The molecule has 2 aliphatic heterocycles. The molecule has 2 heterocycles. The van der Waals surface area contributed by atoms with Crippen molar-refractivity contribution in [2.75, 3.05) is 79.7 Å². The Kier molecular flexibility index (Phi) is 12.3. The normalized spacial score (nSPS) is 19.9. The summed E-state index contributed by atoms with van der Waals surface area (Å²) in [5, 5.41) is 0. The molecule has 3 aliphatic rings. The Bertz CT molecular complexity index is 1960. The highest BCUT2D eigenvalue weighted by atomic mass is 32.2. The van der Waals surface area contributed by atoms with Gasteiger partial charge in [0.05, 0.1) is 51.2 Å². The third kappa shape index (κ3) is 8.89. The minimum Gasteiger partial charge on any atom is -0.493 e. The molecule has 2 aromatic carbocycles. The van der Waals surface area contributed by atoms with Crippen molar-refractivity contribution in [3.05, 3.63) is 100.0 Å². The molecule has 0 saturated carbocycles. The highest BCUT2D eigenvalue weighted by Gasteiger charge is 2.45. The van der Waals surface area contributed by atoms with Crippen LogP contribution < -0.4 is 4.90 Å². The molecule has 5 rings (SSSR count). The molecule has 0 amide bonds. The Morgan fingerprint density at radius 3 is 2.32 bits per heavy atom. The van der Waals surface area contributed by atoms with Crippen molar-refractivity contribution in [2.45, 2.75) is 76.0 Å². The molecule has 0 aromatic heterocycles. The number of anilines is 1. The summed E-state index contributed by atoms with van der Waals surface area (Å²) in [5.74, 6) is 0.949. The van der Waals surface area contributed by atoms with Crippen LogP contribution >= 0.6 is 0 Å². The van der Waals surface area contributed by atoms with Crippen LogP contribution in [-0.4, -0.2) is 103 Å². The Hall–Kier alpha value is -3.54. The van der Waals surface area contributed by atoms with Gasteiger partial charge in [-0.2, -0.15) is 13.0 Å². The van der Waals surface area contributed by atoms with Crippen molar-refractivity contribution in [2.24, 2.45) is 0 Å². The summed E-state index contributed by atoms with van der Waals surface area (Å²) >= 11 is 0. The summed E-state index contributed by atoms with van der Waals surface area (Å²) in [6, 6.07) is 11.6. The van der Waals surface area contributed by atoms with Gasteiger partial charge in [-0.1, -0.05) is 37.6 Å². The van der Waals surface area contributed by atoms with Crippen molar-refractivity contribution in [1.29, 1.82) is 0 Å². The number of nitrogens with zero attached hydrogens (tertiary/aromatic N) is 3. The molecule has 1 aliphatic carbocycles. The molecule has 10 heteroatoms. The second-order valence-electron chi connectivity index (χ2n) is 16.6. The first-order valence-electron chi connectivity index (χ1n) is 18.8. The van der Waals surface area contributed by atoms with Crippen LogP contribution in [0.4, 0.5) is 11.4 Å². The number of rotatable bonds is 15. The fourth-order valence-corrected chi connectivity index (χ4v) is 8.44. The van der Waals surface area contributed by atoms with Crippen LogP contribution in [0.1, 0.15) is 70.1 Å². The van der Waals surface area contributed by atoms with Gasteiger partial charge >= 0.3 is 0 Å². The number of hydrogen-bond donors (Lipinski definition) is 1. The number of benzene rings is 2. The fourth-order valence-electron chi connectivity index (χ4n) is 7.93. The average molecular weight is 748 g/mol. The van der Waals surface area contributed by atoms with Crippen LogP contribution in [0.15, 0.2) is 88.2 Å². The second-order valence-corrected chi connectivity index (χ2v) is 18.0. The third-order valence-electron chi connectivity index (χ3n) is 10.8. The van der Waals surface area contributed by atoms with E-state index in [1.165, 1.54) is 34.2 Å². The molecule has 0 spiro atoms. The molecule has 0 fully saturated rings. The lowest BCUT2D eigenvalue weighted by Gasteiger charge is -2.27. The van der Waals surface area contributed by atoms with Gasteiger partial charge in [0.1, 0.15) is 12.4 Å². The zero-order chi connectivity index (χ0) is 38.8. The fraction of sp³-hybridized carbons (Fsp3) is 0.512. The van der Waals surface area contributed by atoms with E-state index in [0.29, 0.717) is 26.4 Å². The Morgan fingerprint density at radius 1 is 0.906 bits per heavy atom. The van der Waals surface area contributed by atoms with Gasteiger partial charge in [-0.05, 0) is 87.1 Å². The van der Waals surface area contributed by atoms with Gasteiger partial charge in [0.25, 0.3) is 10.1 Å². The van der Waals surface area contributed by atoms with Crippen LogP contribution in [0.3, 0.4) is 0 Å². The standard InChI is InChI=1S/C43H60N3O6S/c1-31-15-19-37-35(29-31)42(2,3)39(44(37)23-27-50-9)21-16-32-13-11-14-33(41(32)52-26-12-25-46(6,7)8)17-22-40-43(4,5)36-30-34(53(47,48)49)18-20-38(36)45(40)24-28-51-10/h15-22,29-30H,11-14,23-28H2,1-10H3/q+1/p+1. The lowest BCUT2D eigenvalue weighted by molar-refractivity contribution is -0.870. The maximum absolute atomic E-state index is 12.1. The van der Waals surface area contributed by atoms with E-state index in [-0.39, 0.29) is 10.3 Å². The maximum atomic E-state index is 12.1. The number of methoxy groups -OCH3 is 2. The van der Waals surface area contributed by atoms with Crippen molar-refractivity contribution in [3.63, 3.8) is 0 Å². The van der Waals surface area contributed by atoms with Crippen molar-refractivity contribution in [1.82, 2.24) is 0 Å². The predicted molar refractivity (Wildman–Crippen MR) is 214 cm³/mol. The van der Waals surface area contributed by atoms with Crippen LogP contribution in [0.5, 0.6) is 0 Å². The van der Waals surface area contributed by atoms with E-state index < -0.39 is 15.5 Å². The SMILES string of the molecule is COCCN1C(=CC=C2CCCC(C=CC3=[N+](CCOC)c4ccc(S(=O)(=O)O)cc4C3(C)C)=C2OCCC[N+](C)(C)C)C(C)(C)c2cc(C)ccc21. The summed E-state index contributed by atoms with van der Waals surface area (Å²) in [7, 11) is 5.70. The van der Waals surface area contributed by atoms with Gasteiger partial charge in [0.15, 0.2) is 12.3 Å². The lowest BCUT2D eigenvalue weighted by atomic mass is 9.81. The zero-order valence-electron chi connectivity index (χ0n) is 33.6. The van der Waals surface area contributed by atoms with E-state index in [4.69, 9.17) is 14.2 Å². The molecule has 2 aromatic rings. The Labute approximate surface area is 318 Å². The van der Waals surface area contributed by atoms with Crippen molar-refractivity contribution < 1.29 is 36.2 Å². The first kappa shape index (κ1) is 40.6. The largest absolute Gasteiger partial charge is 0.493 e. The highest BCUT2D eigenvalue weighted by Crippen LogP contribution is 2.48. The molecule has 0 bridgehead atoms. The van der Waals surface area contributed by atoms with Gasteiger partial charge in [0, 0.05) is 61.7 Å². The summed E-state index contributed by atoms with van der Waals surface area (Å²) < 4.78 is 55.0. The van der Waals surface area contributed by atoms with Gasteiger partial charge in [0.2, 0.25) is 5.69 Å². The summed E-state index contributed by atoms with van der Waals surface area (Å²) in [6.45, 7) is 15.1. The van der Waals surface area contributed by atoms with Gasteiger partial charge in [-0.25, -0.2) is 0 Å². The number of hydrogen-bond acceptors (Lipinski definition) is 6. The van der Waals surface area contributed by atoms with Gasteiger partial charge < -0.3 is 23.6 Å². The van der Waals surface area contributed by atoms with E-state index >= 15 is 0 Å². The first-order chi connectivity index (χ1) is 24.9. The quantitative estimate of drug-likeness (QED) is 0.0868. The summed E-state index contributed by atoms with van der Waals surface area (Å²) in [6.07, 6.45) is 12.7. The van der Waals surface area contributed by atoms with Crippen LogP contribution in [0.2, 0.25) is 0 Å². The van der Waals surface area contributed by atoms with E-state index in [0.717, 1.165) is 71.6 Å². The van der Waals surface area contributed by atoms with Gasteiger partial charge in [-0.15, -0.1) is 0 Å². The topological polar surface area (TPSA) is 88.3 Å². The van der Waals surface area contributed by atoms with Gasteiger partial charge in [-0.3, -0.25) is 4.55 Å². The van der Waals surface area contributed by atoms with Crippen molar-refractivity contribution >= 4 is 27.2 Å². The molecule has 53 heavy (non-hydrogen) atoms. The molecular weight excluding hydrogens is 687 g/mol. The lowest BCUT2D eigenvalue weighted by Crippen LogP contribution is -2.35. The molecule has 9 nitrogen and oxygen atoms in total. The number of aryl methyl sites for hydroxylation is 1. The molecule has 0 radical (unpaired) electrons. The number of allylic oxidation sites excluding steroid dienone is 7. The molecule has 0 saturated heterocycles. The molecule has 0 atom stereocenters. The second kappa shape index (κ2) is 16.1. The maximum Gasteiger partial charge on any atom is 0.294 e. The minimum atomic E-state index is -4.35. The van der Waals surface area contributed by atoms with Crippen molar-refractivity contribution in [3.8, 4) is 0 Å². The number of fused-ring (bicyclic) bond motifs is 2.